The molecule has 3 aromatic rings. The fraction of sp³-hybridized carbons (Fsp3) is 0.115. The lowest BCUT2D eigenvalue weighted by Crippen LogP contribution is -2.27. The van der Waals surface area contributed by atoms with Gasteiger partial charge < -0.3 is 14.8 Å². The lowest BCUT2D eigenvalue weighted by atomic mass is 10.1. The van der Waals surface area contributed by atoms with Gasteiger partial charge in [0.25, 0.3) is 22.7 Å². The highest BCUT2D eigenvalue weighted by atomic mass is 127. The van der Waals surface area contributed by atoms with E-state index in [1.807, 2.05) is 28.7 Å². The van der Waals surface area contributed by atoms with E-state index in [0.29, 0.717) is 26.3 Å². The molecule has 0 unspecified atom stereocenters. The number of imide groups is 1. The highest BCUT2D eigenvalue weighted by molar-refractivity contribution is 14.1. The van der Waals surface area contributed by atoms with Gasteiger partial charge in [0.1, 0.15) is 0 Å². The molecule has 1 N–H and O–H groups in total. The molecular formula is C26H20IN3O7S. The third-order valence-corrected chi connectivity index (χ3v) is 7.05. The van der Waals surface area contributed by atoms with E-state index in [0.717, 1.165) is 16.7 Å². The van der Waals surface area contributed by atoms with E-state index in [-0.39, 0.29) is 35.2 Å². The minimum absolute atomic E-state index is 0.164. The molecule has 38 heavy (non-hydrogen) atoms. The van der Waals surface area contributed by atoms with Crippen molar-refractivity contribution in [2.24, 2.45) is 0 Å². The van der Waals surface area contributed by atoms with Gasteiger partial charge in [-0.3, -0.25) is 29.4 Å². The van der Waals surface area contributed by atoms with Crippen molar-refractivity contribution in [1.82, 2.24) is 4.90 Å². The van der Waals surface area contributed by atoms with E-state index in [1.165, 1.54) is 25.3 Å². The van der Waals surface area contributed by atoms with E-state index in [2.05, 4.69) is 5.32 Å². The Morgan fingerprint density at radius 3 is 2.55 bits per heavy atom. The van der Waals surface area contributed by atoms with Crippen LogP contribution in [-0.4, -0.2) is 40.6 Å². The van der Waals surface area contributed by atoms with Gasteiger partial charge in [0.2, 0.25) is 0 Å². The summed E-state index contributed by atoms with van der Waals surface area (Å²) in [6.45, 7) is -0.455. The Hall–Kier alpha value is -3.91. The van der Waals surface area contributed by atoms with Crippen LogP contribution >= 0.6 is 34.4 Å². The summed E-state index contributed by atoms with van der Waals surface area (Å²) in [5.41, 5.74) is 1.32. The van der Waals surface area contributed by atoms with Crippen molar-refractivity contribution in [3.05, 3.63) is 96.4 Å². The average molecular weight is 645 g/mol. The minimum atomic E-state index is -0.551. The molecular weight excluding hydrogens is 625 g/mol. The molecule has 194 valence electrons. The smallest absolute Gasteiger partial charge is 0.293 e. The van der Waals surface area contributed by atoms with Crippen LogP contribution < -0.4 is 14.8 Å². The van der Waals surface area contributed by atoms with Crippen LogP contribution in [0.5, 0.6) is 11.5 Å². The van der Waals surface area contributed by atoms with Crippen LogP contribution in [-0.2, 0) is 16.1 Å². The second-order valence-corrected chi connectivity index (χ2v) is 10.0. The number of hydrogen-bond acceptors (Lipinski definition) is 8. The molecule has 10 nitrogen and oxygen atoms in total. The van der Waals surface area contributed by atoms with Gasteiger partial charge >= 0.3 is 0 Å². The van der Waals surface area contributed by atoms with Crippen molar-refractivity contribution >= 4 is 68.9 Å². The molecule has 1 aliphatic heterocycles. The molecule has 0 aromatic heterocycles. The zero-order valence-electron chi connectivity index (χ0n) is 19.9. The number of hydrogen-bond donors (Lipinski definition) is 1. The molecule has 3 aromatic carbocycles. The zero-order chi connectivity index (χ0) is 27.2. The Morgan fingerprint density at radius 2 is 1.84 bits per heavy atom. The van der Waals surface area contributed by atoms with Gasteiger partial charge in [-0.15, -0.1) is 0 Å². The summed E-state index contributed by atoms with van der Waals surface area (Å²) in [6.07, 6.45) is 1.54. The molecule has 0 bridgehead atoms. The first-order valence-corrected chi connectivity index (χ1v) is 13.0. The molecule has 1 saturated heterocycles. The van der Waals surface area contributed by atoms with Crippen LogP contribution in [0.4, 0.5) is 16.2 Å². The number of rotatable bonds is 9. The normalized spacial score (nSPS) is 14.1. The van der Waals surface area contributed by atoms with Crippen molar-refractivity contribution in [1.29, 1.82) is 0 Å². The van der Waals surface area contributed by atoms with Crippen molar-refractivity contribution < 1.29 is 28.8 Å². The number of anilines is 1. The van der Waals surface area contributed by atoms with E-state index in [1.54, 1.807) is 48.5 Å². The Balaban J connectivity index is 1.49. The first-order chi connectivity index (χ1) is 18.3. The molecule has 1 aliphatic rings. The van der Waals surface area contributed by atoms with E-state index < -0.39 is 16.1 Å². The third-order valence-electron chi connectivity index (χ3n) is 5.35. The standard InChI is InChI=1S/C26H20IN3O7S/c1-36-21-12-16(11-19(27)24(21)37-15-23(31)28-18-8-3-2-4-9-18)13-22-25(32)29(26(33)38-22)14-17-7-5-6-10-20(17)30(34)35/h2-13H,14-15H2,1H3,(H,28,31)/b22-13-. The number of nitro groups is 1. The molecule has 3 amide bonds. The molecule has 0 aliphatic carbocycles. The predicted molar refractivity (Wildman–Crippen MR) is 151 cm³/mol. The number of carbonyl (C=O) groups excluding carboxylic acids is 3. The minimum Gasteiger partial charge on any atom is -0.493 e. The second kappa shape index (κ2) is 12.1. The van der Waals surface area contributed by atoms with Gasteiger partial charge in [0, 0.05) is 17.3 Å². The van der Waals surface area contributed by atoms with Crippen molar-refractivity contribution in [3.8, 4) is 11.5 Å². The van der Waals surface area contributed by atoms with Gasteiger partial charge in [-0.05, 0) is 70.3 Å². The number of para-hydroxylation sites is 2. The van der Waals surface area contributed by atoms with Crippen LogP contribution in [0, 0.1) is 13.7 Å². The number of ether oxygens (including phenoxy) is 2. The quantitative estimate of drug-likeness (QED) is 0.141. The summed E-state index contributed by atoms with van der Waals surface area (Å²) < 4.78 is 11.8. The van der Waals surface area contributed by atoms with Gasteiger partial charge in [-0.1, -0.05) is 36.4 Å². The molecule has 4 rings (SSSR count). The van der Waals surface area contributed by atoms with Crippen molar-refractivity contribution in [2.45, 2.75) is 6.54 Å². The average Bonchev–Trinajstić information content (AvgIpc) is 3.15. The molecule has 1 fully saturated rings. The van der Waals surface area contributed by atoms with Gasteiger partial charge in [-0.25, -0.2) is 0 Å². The largest absolute Gasteiger partial charge is 0.493 e. The molecule has 1 heterocycles. The number of amides is 3. The zero-order valence-corrected chi connectivity index (χ0v) is 22.9. The Bertz CT molecular complexity index is 1450. The molecule has 0 atom stereocenters. The van der Waals surface area contributed by atoms with Crippen molar-refractivity contribution in [2.75, 3.05) is 19.0 Å². The summed E-state index contributed by atoms with van der Waals surface area (Å²) in [6, 6.07) is 18.3. The number of nitro benzene ring substituents is 1. The summed E-state index contributed by atoms with van der Waals surface area (Å²) in [7, 11) is 1.45. The van der Waals surface area contributed by atoms with Gasteiger partial charge in [0.15, 0.2) is 18.1 Å². The molecule has 12 heteroatoms. The van der Waals surface area contributed by atoms with Gasteiger partial charge in [0.05, 0.1) is 27.1 Å². The first kappa shape index (κ1) is 27.1. The molecule has 0 spiro atoms. The number of nitrogens with zero attached hydrogens (tertiary/aromatic N) is 2. The lowest BCUT2D eigenvalue weighted by Gasteiger charge is -2.14. The fourth-order valence-electron chi connectivity index (χ4n) is 3.60. The Labute approximate surface area is 235 Å². The first-order valence-electron chi connectivity index (χ1n) is 11.1. The van der Waals surface area contributed by atoms with Crippen LogP contribution in [0.2, 0.25) is 0 Å². The summed E-state index contributed by atoms with van der Waals surface area (Å²) in [5, 5.41) is 13.5. The molecule has 0 radical (unpaired) electrons. The number of benzene rings is 3. The third kappa shape index (κ3) is 6.31. The summed E-state index contributed by atoms with van der Waals surface area (Å²) >= 11 is 2.78. The van der Waals surface area contributed by atoms with E-state index in [4.69, 9.17) is 9.47 Å². The number of methoxy groups -OCH3 is 1. The maximum atomic E-state index is 13.0. The number of carbonyl (C=O) groups is 3. The highest BCUT2D eigenvalue weighted by Gasteiger charge is 2.36. The van der Waals surface area contributed by atoms with Gasteiger partial charge in [-0.2, -0.15) is 0 Å². The number of halogens is 1. The fourth-order valence-corrected chi connectivity index (χ4v) is 5.22. The predicted octanol–water partition coefficient (Wildman–Crippen LogP) is 5.46. The van der Waals surface area contributed by atoms with Crippen LogP contribution in [0.1, 0.15) is 11.1 Å². The molecule has 0 saturated carbocycles. The van der Waals surface area contributed by atoms with Crippen molar-refractivity contribution in [3.63, 3.8) is 0 Å². The highest BCUT2D eigenvalue weighted by Crippen LogP contribution is 2.38. The van der Waals surface area contributed by atoms with E-state index >= 15 is 0 Å². The topological polar surface area (TPSA) is 128 Å². The van der Waals surface area contributed by atoms with E-state index in [9.17, 15) is 24.5 Å². The van der Waals surface area contributed by atoms with Crippen LogP contribution in [0.25, 0.3) is 6.08 Å². The SMILES string of the molecule is COc1cc(/C=C2\SC(=O)N(Cc3ccccc3[N+](=O)[O-])C2=O)cc(I)c1OCC(=O)Nc1ccccc1. The summed E-state index contributed by atoms with van der Waals surface area (Å²) in [5.74, 6) is -0.191. The maximum absolute atomic E-state index is 13.0. The van der Waals surface area contributed by atoms with Crippen LogP contribution in [0.15, 0.2) is 71.6 Å². The summed E-state index contributed by atoms with van der Waals surface area (Å²) in [4.78, 5) is 49.7. The maximum Gasteiger partial charge on any atom is 0.293 e. The Morgan fingerprint density at radius 1 is 1.13 bits per heavy atom. The van der Waals surface area contributed by atoms with Crippen LogP contribution in [0.3, 0.4) is 0 Å². The second-order valence-electron chi connectivity index (χ2n) is 7.89. The number of nitrogens with one attached hydrogen (secondary N) is 1. The Kier molecular flexibility index (Phi) is 8.63. The lowest BCUT2D eigenvalue weighted by molar-refractivity contribution is -0.385. The number of thioether (sulfide) groups is 1. The monoisotopic (exact) mass is 645 g/mol.